The maximum atomic E-state index is 2.92. The average molecular weight is 90.1 g/mol. The first-order valence-electron chi connectivity index (χ1n) is 2.46. The van der Waals surface area contributed by atoms with Gasteiger partial charge in [0.05, 0.1) is 0 Å². The second kappa shape index (κ2) is 2.32. The van der Waals surface area contributed by atoms with E-state index in [1.807, 2.05) is 0 Å². The van der Waals surface area contributed by atoms with Gasteiger partial charge in [-0.25, -0.2) is 0 Å². The van der Waals surface area contributed by atoms with E-state index in [1.165, 1.54) is 0 Å². The molecule has 0 fully saturated rings. The first kappa shape index (κ1) is 4.28. The van der Waals surface area contributed by atoms with E-state index in [4.69, 9.17) is 0 Å². The van der Waals surface area contributed by atoms with Gasteiger partial charge in [0.1, 0.15) is 0 Å². The lowest BCUT2D eigenvalue weighted by Crippen LogP contribution is -1.64. The van der Waals surface area contributed by atoms with Crippen molar-refractivity contribution < 1.29 is 0 Å². The van der Waals surface area contributed by atoms with Gasteiger partial charge >= 0.3 is 0 Å². The molecule has 0 atom stereocenters. The second-order valence-corrected chi connectivity index (χ2v) is 1.46. The maximum Gasteiger partial charge on any atom is 0.0108 e. The van der Waals surface area contributed by atoms with Gasteiger partial charge in [0, 0.05) is 12.8 Å². The zero-order valence-corrected chi connectivity index (χ0v) is 4.12. The average Bonchev–Trinajstić information content (AvgIpc) is 1.90. The van der Waals surface area contributed by atoms with Gasteiger partial charge in [-0.05, 0) is 18.3 Å². The fourth-order valence-corrected chi connectivity index (χ4v) is 0.479. The first-order chi connectivity index (χ1) is 3.50. The molecule has 0 saturated carbocycles. The Morgan fingerprint density at radius 3 is 2.00 bits per heavy atom. The van der Waals surface area contributed by atoms with Crippen molar-refractivity contribution >= 4 is 0 Å². The Bertz CT molecular complexity index is 136. The number of hydrogen-bond acceptors (Lipinski definition) is 0. The van der Waals surface area contributed by atoms with Gasteiger partial charge in [0.15, 0.2) is 0 Å². The molecule has 0 spiro atoms. The monoisotopic (exact) mass is 90.0 g/mol. The van der Waals surface area contributed by atoms with Gasteiger partial charge in [-0.2, -0.15) is 0 Å². The van der Waals surface area contributed by atoms with Crippen molar-refractivity contribution in [2.45, 2.75) is 19.3 Å². The molecule has 0 radical (unpaired) electrons. The van der Waals surface area contributed by atoms with Crippen LogP contribution in [0.4, 0.5) is 0 Å². The summed E-state index contributed by atoms with van der Waals surface area (Å²) in [5.41, 5.74) is 0. The van der Waals surface area contributed by atoms with Crippen molar-refractivity contribution in [3.8, 4) is 23.7 Å². The SMILES string of the molecule is C1#CCCCC#C1. The van der Waals surface area contributed by atoms with Crippen LogP contribution in [-0.4, -0.2) is 0 Å². The molecule has 0 aliphatic heterocycles. The summed E-state index contributed by atoms with van der Waals surface area (Å²) in [5.74, 6) is 11.3. The molecule has 0 heteroatoms. The minimum absolute atomic E-state index is 1.01. The molecule has 0 heterocycles. The summed E-state index contributed by atoms with van der Waals surface area (Å²) in [6, 6.07) is 0. The van der Waals surface area contributed by atoms with Gasteiger partial charge in [-0.1, -0.05) is 11.8 Å². The lowest BCUT2D eigenvalue weighted by atomic mass is 10.3. The minimum atomic E-state index is 1.01. The van der Waals surface area contributed by atoms with Crippen molar-refractivity contribution in [1.29, 1.82) is 0 Å². The van der Waals surface area contributed by atoms with E-state index in [2.05, 4.69) is 23.7 Å². The van der Waals surface area contributed by atoms with Crippen LogP contribution in [-0.2, 0) is 0 Å². The molecule has 1 aliphatic carbocycles. The van der Waals surface area contributed by atoms with Crippen LogP contribution in [0.25, 0.3) is 0 Å². The molecule has 0 unspecified atom stereocenters. The van der Waals surface area contributed by atoms with E-state index in [0.717, 1.165) is 19.3 Å². The topological polar surface area (TPSA) is 0 Å². The Labute approximate surface area is 43.9 Å². The summed E-state index contributed by atoms with van der Waals surface area (Å²) in [4.78, 5) is 0. The predicted molar refractivity (Wildman–Crippen MR) is 29.4 cm³/mol. The van der Waals surface area contributed by atoms with Crippen LogP contribution >= 0.6 is 0 Å². The Morgan fingerprint density at radius 2 is 1.43 bits per heavy atom. The summed E-state index contributed by atoms with van der Waals surface area (Å²) in [6.45, 7) is 0. The predicted octanol–water partition coefficient (Wildman–Crippen LogP) is 1.18. The van der Waals surface area contributed by atoms with Gasteiger partial charge in [-0.15, -0.1) is 0 Å². The summed E-state index contributed by atoms with van der Waals surface area (Å²) >= 11 is 0. The van der Waals surface area contributed by atoms with Crippen LogP contribution in [0.3, 0.4) is 0 Å². The lowest BCUT2D eigenvalue weighted by Gasteiger charge is -1.77. The third-order valence-corrected chi connectivity index (χ3v) is 0.843. The van der Waals surface area contributed by atoms with E-state index < -0.39 is 0 Å². The standard InChI is InChI=1S/C7H6/c1-2-4-6-7-5-3-1/h1-3H2. The van der Waals surface area contributed by atoms with Crippen LogP contribution < -0.4 is 0 Å². The van der Waals surface area contributed by atoms with Gasteiger partial charge in [-0.3, -0.25) is 0 Å². The third-order valence-electron chi connectivity index (χ3n) is 0.843. The summed E-state index contributed by atoms with van der Waals surface area (Å²) in [7, 11) is 0. The largest absolute Gasteiger partial charge is 0.0891 e. The molecule has 34 valence electrons. The first-order valence-corrected chi connectivity index (χ1v) is 2.46. The van der Waals surface area contributed by atoms with E-state index >= 15 is 0 Å². The van der Waals surface area contributed by atoms with Crippen molar-refractivity contribution in [2.24, 2.45) is 0 Å². The second-order valence-electron chi connectivity index (χ2n) is 1.46. The van der Waals surface area contributed by atoms with Crippen molar-refractivity contribution in [2.75, 3.05) is 0 Å². The highest BCUT2D eigenvalue weighted by Crippen LogP contribution is 1.92. The van der Waals surface area contributed by atoms with Gasteiger partial charge in [0.25, 0.3) is 0 Å². The molecule has 1 rings (SSSR count). The molecule has 0 bridgehead atoms. The maximum absolute atomic E-state index is 2.92. The fourth-order valence-electron chi connectivity index (χ4n) is 0.479. The zero-order valence-electron chi connectivity index (χ0n) is 4.12. The molecular formula is C7H6. The molecule has 0 aromatic heterocycles. The Balaban J connectivity index is 2.59. The van der Waals surface area contributed by atoms with E-state index in [-0.39, 0.29) is 0 Å². The molecule has 0 aromatic rings. The van der Waals surface area contributed by atoms with E-state index in [9.17, 15) is 0 Å². The fraction of sp³-hybridized carbons (Fsp3) is 0.429. The molecule has 0 saturated heterocycles. The van der Waals surface area contributed by atoms with Crippen molar-refractivity contribution in [1.82, 2.24) is 0 Å². The van der Waals surface area contributed by atoms with Gasteiger partial charge in [0.2, 0.25) is 0 Å². The summed E-state index contributed by atoms with van der Waals surface area (Å²) in [5, 5.41) is 0. The minimum Gasteiger partial charge on any atom is -0.0891 e. The summed E-state index contributed by atoms with van der Waals surface area (Å²) in [6.07, 6.45) is 3.18. The number of rotatable bonds is 0. The highest BCUT2D eigenvalue weighted by Gasteiger charge is 1.79. The lowest BCUT2D eigenvalue weighted by molar-refractivity contribution is 0.907. The highest BCUT2D eigenvalue weighted by molar-refractivity contribution is 5.27. The van der Waals surface area contributed by atoms with Crippen molar-refractivity contribution in [3.05, 3.63) is 0 Å². The quantitative estimate of drug-likeness (QED) is 0.392. The molecule has 0 nitrogen and oxygen atoms in total. The Morgan fingerprint density at radius 1 is 0.857 bits per heavy atom. The Kier molecular flexibility index (Phi) is 1.42. The number of hydrogen-bond donors (Lipinski definition) is 0. The van der Waals surface area contributed by atoms with Crippen molar-refractivity contribution in [3.63, 3.8) is 0 Å². The van der Waals surface area contributed by atoms with Crippen LogP contribution in [0.15, 0.2) is 0 Å². The normalized spacial score (nSPS) is 14.9. The third kappa shape index (κ3) is 1.33. The van der Waals surface area contributed by atoms with Crippen LogP contribution in [0, 0.1) is 23.7 Å². The van der Waals surface area contributed by atoms with Gasteiger partial charge < -0.3 is 0 Å². The zero-order chi connectivity index (χ0) is 4.95. The molecule has 1 aliphatic rings. The molecule has 7 heavy (non-hydrogen) atoms. The van der Waals surface area contributed by atoms with E-state index in [0.29, 0.717) is 0 Å². The van der Waals surface area contributed by atoms with Crippen LogP contribution in [0.1, 0.15) is 19.3 Å². The molecule has 0 N–H and O–H groups in total. The van der Waals surface area contributed by atoms with Crippen LogP contribution in [0.2, 0.25) is 0 Å². The van der Waals surface area contributed by atoms with E-state index in [1.54, 1.807) is 0 Å². The van der Waals surface area contributed by atoms with Crippen LogP contribution in [0.5, 0.6) is 0 Å². The molecule has 0 aromatic carbocycles. The highest BCUT2D eigenvalue weighted by atomic mass is 13.8. The molecular weight excluding hydrogens is 84.1 g/mol. The Hall–Kier alpha value is -0.880. The summed E-state index contributed by atoms with van der Waals surface area (Å²) < 4.78 is 0. The smallest absolute Gasteiger partial charge is 0.0108 e. The molecule has 0 amide bonds.